The van der Waals surface area contributed by atoms with Gasteiger partial charge < -0.3 is 4.74 Å². The van der Waals surface area contributed by atoms with Gasteiger partial charge >= 0.3 is 0 Å². The molecule has 0 atom stereocenters. The van der Waals surface area contributed by atoms with E-state index in [9.17, 15) is 4.48 Å². The summed E-state index contributed by atoms with van der Waals surface area (Å²) in [5, 5.41) is 0. The number of hydrazine groups is 1. The van der Waals surface area contributed by atoms with E-state index < -0.39 is 0 Å². The SMILES string of the molecule is COc1ccc(NNF)cc1.Cl. The third kappa shape index (κ3) is 2.94. The molecular weight excluding hydrogens is 183 g/mol. The largest absolute Gasteiger partial charge is 0.497 e. The van der Waals surface area contributed by atoms with Crippen LogP contribution in [0.5, 0.6) is 5.75 Å². The van der Waals surface area contributed by atoms with E-state index in [4.69, 9.17) is 4.74 Å². The number of halogens is 2. The van der Waals surface area contributed by atoms with Crippen molar-refractivity contribution in [3.8, 4) is 5.75 Å². The van der Waals surface area contributed by atoms with Crippen LogP contribution in [0.2, 0.25) is 0 Å². The van der Waals surface area contributed by atoms with Crippen molar-refractivity contribution in [2.75, 3.05) is 12.5 Å². The molecule has 0 heterocycles. The van der Waals surface area contributed by atoms with Gasteiger partial charge in [-0.2, -0.15) is 0 Å². The Morgan fingerprint density at radius 3 is 2.25 bits per heavy atom. The molecule has 0 aliphatic rings. The van der Waals surface area contributed by atoms with Crippen molar-refractivity contribution in [1.29, 1.82) is 0 Å². The van der Waals surface area contributed by atoms with Crippen LogP contribution in [0.3, 0.4) is 0 Å². The quantitative estimate of drug-likeness (QED) is 0.567. The van der Waals surface area contributed by atoms with Gasteiger partial charge in [0.2, 0.25) is 0 Å². The maximum atomic E-state index is 11.5. The van der Waals surface area contributed by atoms with Crippen LogP contribution in [0.4, 0.5) is 10.2 Å². The summed E-state index contributed by atoms with van der Waals surface area (Å²) in [5.74, 6) is 0.745. The zero-order valence-electron chi connectivity index (χ0n) is 6.50. The maximum absolute atomic E-state index is 11.5. The summed E-state index contributed by atoms with van der Waals surface area (Å²) in [4.78, 5) is 0. The summed E-state index contributed by atoms with van der Waals surface area (Å²) in [5.41, 5.74) is 4.26. The van der Waals surface area contributed by atoms with E-state index in [1.165, 1.54) is 5.65 Å². The second-order valence-corrected chi connectivity index (χ2v) is 1.95. The highest BCUT2D eigenvalue weighted by Gasteiger charge is 1.90. The van der Waals surface area contributed by atoms with Gasteiger partial charge in [-0.3, -0.25) is 5.43 Å². The first-order valence-electron chi connectivity index (χ1n) is 3.12. The van der Waals surface area contributed by atoms with Gasteiger partial charge in [0.25, 0.3) is 0 Å². The maximum Gasteiger partial charge on any atom is 0.119 e. The normalized spacial score (nSPS) is 8.50. The number of methoxy groups -OCH3 is 1. The first-order chi connectivity index (χ1) is 5.36. The Bertz CT molecular complexity index is 217. The van der Waals surface area contributed by atoms with Crippen LogP contribution in [-0.2, 0) is 0 Å². The monoisotopic (exact) mass is 192 g/mol. The van der Waals surface area contributed by atoms with Crippen LogP contribution < -0.4 is 15.8 Å². The minimum atomic E-state index is 0. The molecule has 0 aliphatic carbocycles. The number of anilines is 1. The number of hydrogen-bond acceptors (Lipinski definition) is 3. The van der Waals surface area contributed by atoms with E-state index in [0.29, 0.717) is 5.69 Å². The zero-order valence-corrected chi connectivity index (χ0v) is 7.32. The highest BCUT2D eigenvalue weighted by atomic mass is 35.5. The minimum absolute atomic E-state index is 0. The van der Waals surface area contributed by atoms with Crippen LogP contribution in [-0.4, -0.2) is 7.11 Å². The van der Waals surface area contributed by atoms with Crippen LogP contribution >= 0.6 is 12.4 Å². The van der Waals surface area contributed by atoms with Gasteiger partial charge in [-0.1, -0.05) is 5.65 Å². The molecule has 68 valence electrons. The molecule has 1 aromatic rings. The van der Waals surface area contributed by atoms with E-state index in [1.807, 2.05) is 0 Å². The van der Waals surface area contributed by atoms with E-state index >= 15 is 0 Å². The average molecular weight is 193 g/mol. The molecule has 0 spiro atoms. The molecule has 0 aromatic heterocycles. The topological polar surface area (TPSA) is 33.3 Å². The molecule has 0 aliphatic heterocycles. The molecule has 1 rings (SSSR count). The third-order valence-corrected chi connectivity index (χ3v) is 1.28. The Morgan fingerprint density at radius 2 is 1.83 bits per heavy atom. The predicted molar refractivity (Wildman–Crippen MR) is 48.1 cm³/mol. The van der Waals surface area contributed by atoms with Crippen LogP contribution in [0.15, 0.2) is 24.3 Å². The third-order valence-electron chi connectivity index (χ3n) is 1.28. The summed E-state index contributed by atoms with van der Waals surface area (Å²) in [6.07, 6.45) is 0. The lowest BCUT2D eigenvalue weighted by Crippen LogP contribution is -2.09. The minimum Gasteiger partial charge on any atom is -0.497 e. The standard InChI is InChI=1S/C7H9FN2O.ClH/c1-11-7-4-2-6(3-5-7)9-10-8;/h2-5,9-10H,1H3;1H. The molecule has 2 N–H and O–H groups in total. The molecular formula is C7H10ClFN2O. The number of nitrogens with one attached hydrogen (secondary N) is 2. The Morgan fingerprint density at radius 1 is 1.25 bits per heavy atom. The zero-order chi connectivity index (χ0) is 8.10. The van der Waals surface area contributed by atoms with Crippen molar-refractivity contribution in [2.24, 2.45) is 0 Å². The molecule has 0 bridgehead atoms. The molecule has 0 amide bonds. The number of ether oxygens (including phenoxy) is 1. The molecule has 0 saturated heterocycles. The Labute approximate surface area is 76.2 Å². The lowest BCUT2D eigenvalue weighted by Gasteiger charge is -2.02. The van der Waals surface area contributed by atoms with Gasteiger partial charge in [0, 0.05) is 0 Å². The molecule has 0 saturated carbocycles. The molecule has 5 heteroatoms. The smallest absolute Gasteiger partial charge is 0.119 e. The van der Waals surface area contributed by atoms with E-state index in [-0.39, 0.29) is 12.4 Å². The van der Waals surface area contributed by atoms with Crippen molar-refractivity contribution in [2.45, 2.75) is 0 Å². The molecule has 3 nitrogen and oxygen atoms in total. The molecule has 0 unspecified atom stereocenters. The summed E-state index contributed by atoms with van der Waals surface area (Å²) in [7, 11) is 1.58. The number of benzene rings is 1. The predicted octanol–water partition coefficient (Wildman–Crippen LogP) is 1.92. The average Bonchev–Trinajstić information content (AvgIpc) is 2.07. The number of hydrogen-bond donors (Lipinski definition) is 2. The van der Waals surface area contributed by atoms with Crippen LogP contribution in [0.25, 0.3) is 0 Å². The lowest BCUT2D eigenvalue weighted by molar-refractivity contribution is 0.376. The van der Waals surface area contributed by atoms with Crippen molar-refractivity contribution < 1.29 is 9.22 Å². The van der Waals surface area contributed by atoms with Gasteiger partial charge in [-0.25, -0.2) is 0 Å². The van der Waals surface area contributed by atoms with Crippen LogP contribution in [0.1, 0.15) is 0 Å². The fourth-order valence-electron chi connectivity index (χ4n) is 0.729. The molecule has 12 heavy (non-hydrogen) atoms. The van der Waals surface area contributed by atoms with Crippen molar-refractivity contribution >= 4 is 18.1 Å². The van der Waals surface area contributed by atoms with Gasteiger partial charge in [0.1, 0.15) is 5.75 Å². The second kappa shape index (κ2) is 5.62. The second-order valence-electron chi connectivity index (χ2n) is 1.95. The summed E-state index contributed by atoms with van der Waals surface area (Å²) >= 11 is 0. The number of rotatable bonds is 3. The van der Waals surface area contributed by atoms with Crippen molar-refractivity contribution in [3.05, 3.63) is 24.3 Å². The van der Waals surface area contributed by atoms with Gasteiger partial charge in [0.15, 0.2) is 0 Å². The van der Waals surface area contributed by atoms with E-state index in [2.05, 4.69) is 5.43 Å². The lowest BCUT2D eigenvalue weighted by atomic mass is 10.3. The summed E-state index contributed by atoms with van der Waals surface area (Å²) in [6.45, 7) is 0. The summed E-state index contributed by atoms with van der Waals surface area (Å²) < 4.78 is 16.4. The van der Waals surface area contributed by atoms with E-state index in [0.717, 1.165) is 5.75 Å². The van der Waals surface area contributed by atoms with Crippen molar-refractivity contribution in [3.63, 3.8) is 0 Å². The first-order valence-corrected chi connectivity index (χ1v) is 3.12. The highest BCUT2D eigenvalue weighted by molar-refractivity contribution is 5.85. The van der Waals surface area contributed by atoms with Gasteiger partial charge in [-0.15, -0.1) is 16.9 Å². The highest BCUT2D eigenvalue weighted by Crippen LogP contribution is 2.13. The molecule has 1 aromatic carbocycles. The van der Waals surface area contributed by atoms with Gasteiger partial charge in [0.05, 0.1) is 12.8 Å². The van der Waals surface area contributed by atoms with Crippen LogP contribution in [0, 0.1) is 0 Å². The summed E-state index contributed by atoms with van der Waals surface area (Å²) in [6, 6.07) is 6.87. The fourth-order valence-corrected chi connectivity index (χ4v) is 0.729. The van der Waals surface area contributed by atoms with Gasteiger partial charge in [-0.05, 0) is 24.3 Å². The Balaban J connectivity index is 0.00000121. The fraction of sp³-hybridized carbons (Fsp3) is 0.143. The Hall–Kier alpha value is -1.00. The Kier molecular flexibility index (Phi) is 5.16. The molecule has 0 fully saturated rings. The molecule has 0 radical (unpaired) electrons. The van der Waals surface area contributed by atoms with Crippen molar-refractivity contribution in [1.82, 2.24) is 5.65 Å². The first kappa shape index (κ1) is 11.0. The van der Waals surface area contributed by atoms with E-state index in [1.54, 1.807) is 31.4 Å².